The highest BCUT2D eigenvalue weighted by molar-refractivity contribution is 6.32. The lowest BCUT2D eigenvalue weighted by molar-refractivity contribution is 0.201. The van der Waals surface area contributed by atoms with E-state index in [2.05, 4.69) is 28.8 Å². The molecule has 0 bridgehead atoms. The Balaban J connectivity index is 2.13. The Morgan fingerprint density at radius 1 is 1.31 bits per heavy atom. The number of nitrogens with zero attached hydrogens (tertiary/aromatic N) is 3. The van der Waals surface area contributed by atoms with Crippen LogP contribution in [0.3, 0.4) is 0 Å². The fraction of sp³-hybridized carbons (Fsp3) is 0.412. The van der Waals surface area contributed by atoms with Gasteiger partial charge in [0.15, 0.2) is 0 Å². The number of hydrogen-bond donors (Lipinski definition) is 2. The van der Waals surface area contributed by atoms with Gasteiger partial charge in [-0.3, -0.25) is 0 Å². The van der Waals surface area contributed by atoms with Crippen LogP contribution in [0.1, 0.15) is 27.2 Å². The third kappa shape index (κ3) is 5.82. The minimum Gasteiger partial charge on any atom is -0.475 e. The number of rotatable bonds is 7. The van der Waals surface area contributed by atoms with Crippen LogP contribution in [0.25, 0.3) is 11.3 Å². The molecule has 9 heteroatoms. The van der Waals surface area contributed by atoms with E-state index in [0.29, 0.717) is 34.7 Å². The molecule has 0 saturated carbocycles. The molecule has 0 aliphatic heterocycles. The van der Waals surface area contributed by atoms with E-state index < -0.39 is 11.6 Å². The van der Waals surface area contributed by atoms with Crippen LogP contribution in [-0.2, 0) is 0 Å². The van der Waals surface area contributed by atoms with Gasteiger partial charge < -0.3 is 20.9 Å². The molecule has 2 rings (SSSR count). The summed E-state index contributed by atoms with van der Waals surface area (Å²) in [5.41, 5.74) is 11.8. The number of carbonyl (C=O) groups excluding carboxylic acids is 1. The molecule has 2 aromatic heterocycles. The molecule has 0 aliphatic rings. The monoisotopic (exact) mass is 379 g/mol. The van der Waals surface area contributed by atoms with E-state index in [4.69, 9.17) is 32.5 Å². The van der Waals surface area contributed by atoms with Crippen LogP contribution in [-0.4, -0.2) is 33.2 Å². The Hall–Kier alpha value is -2.45. The van der Waals surface area contributed by atoms with Crippen molar-refractivity contribution in [2.45, 2.75) is 32.7 Å². The maximum Gasteiger partial charge on any atom is 0.411 e. The van der Waals surface area contributed by atoms with Gasteiger partial charge in [0.1, 0.15) is 18.0 Å². The summed E-state index contributed by atoms with van der Waals surface area (Å²) in [7, 11) is 0. The van der Waals surface area contributed by atoms with Crippen molar-refractivity contribution >= 4 is 17.7 Å². The highest BCUT2D eigenvalue weighted by Gasteiger charge is 2.22. The van der Waals surface area contributed by atoms with Crippen LogP contribution in [0.15, 0.2) is 24.7 Å². The molecule has 0 aliphatic carbocycles. The molecule has 0 aromatic carbocycles. The summed E-state index contributed by atoms with van der Waals surface area (Å²) in [5.74, 6) is 0.777. The Morgan fingerprint density at radius 2 is 2.04 bits per heavy atom. The predicted octanol–water partition coefficient (Wildman–Crippen LogP) is 2.79. The van der Waals surface area contributed by atoms with Gasteiger partial charge in [-0.2, -0.15) is 0 Å². The van der Waals surface area contributed by atoms with Crippen LogP contribution < -0.4 is 20.9 Å². The van der Waals surface area contributed by atoms with Crippen LogP contribution in [0, 0.1) is 5.92 Å². The van der Waals surface area contributed by atoms with Crippen LogP contribution >= 0.6 is 11.6 Å². The van der Waals surface area contributed by atoms with E-state index in [9.17, 15) is 4.79 Å². The summed E-state index contributed by atoms with van der Waals surface area (Å²) in [4.78, 5) is 22.9. The number of carbonyl (C=O) groups is 1. The average molecular weight is 380 g/mol. The van der Waals surface area contributed by atoms with Crippen molar-refractivity contribution in [2.24, 2.45) is 17.4 Å². The van der Waals surface area contributed by atoms with Gasteiger partial charge in [-0.25, -0.2) is 19.7 Å². The first-order chi connectivity index (χ1) is 12.2. The SMILES string of the molecule is CC(C)C[C@](C)(N)COc1ncc(-c2cc(OC(N)=O)ncn2)cc1Cl. The normalized spacial score (nSPS) is 13.3. The Morgan fingerprint density at radius 3 is 2.65 bits per heavy atom. The number of hydrogen-bond acceptors (Lipinski definition) is 7. The first kappa shape index (κ1) is 19.9. The lowest BCUT2D eigenvalue weighted by Crippen LogP contribution is -2.43. The second kappa shape index (κ2) is 8.29. The molecule has 0 unspecified atom stereocenters. The van der Waals surface area contributed by atoms with Gasteiger partial charge in [0.25, 0.3) is 0 Å². The molecule has 0 saturated heterocycles. The molecule has 1 amide bonds. The molecular formula is C17H22ClN5O3. The minimum atomic E-state index is -0.958. The van der Waals surface area contributed by atoms with Gasteiger partial charge in [0.2, 0.25) is 11.8 Å². The molecule has 0 spiro atoms. The summed E-state index contributed by atoms with van der Waals surface area (Å²) in [6.07, 6.45) is 2.65. The molecule has 26 heavy (non-hydrogen) atoms. The number of aromatic nitrogens is 3. The smallest absolute Gasteiger partial charge is 0.411 e. The van der Waals surface area contributed by atoms with Crippen molar-refractivity contribution in [1.29, 1.82) is 0 Å². The van der Waals surface area contributed by atoms with Crippen molar-refractivity contribution in [3.05, 3.63) is 29.7 Å². The number of pyridine rings is 1. The van der Waals surface area contributed by atoms with Gasteiger partial charge >= 0.3 is 6.09 Å². The van der Waals surface area contributed by atoms with Gasteiger partial charge in [-0.15, -0.1) is 0 Å². The van der Waals surface area contributed by atoms with Crippen molar-refractivity contribution in [3.8, 4) is 23.0 Å². The van der Waals surface area contributed by atoms with Crippen LogP contribution in [0.4, 0.5) is 4.79 Å². The number of nitrogens with two attached hydrogens (primary N) is 2. The lowest BCUT2D eigenvalue weighted by atomic mass is 9.93. The Labute approximate surface area is 156 Å². The summed E-state index contributed by atoms with van der Waals surface area (Å²) >= 11 is 6.26. The standard InChI is InChI=1S/C17H22ClN5O3/c1-10(2)6-17(3,20)8-25-15-12(18)4-11(7-21-15)13-5-14(23-9-22-13)26-16(19)24/h4-5,7,9-10H,6,8,20H2,1-3H3,(H2,19,24)/t17-/m0/s1. The molecule has 2 aromatic rings. The fourth-order valence-electron chi connectivity index (χ4n) is 2.55. The molecule has 4 N–H and O–H groups in total. The zero-order valence-electron chi connectivity index (χ0n) is 14.9. The zero-order valence-corrected chi connectivity index (χ0v) is 15.7. The highest BCUT2D eigenvalue weighted by atomic mass is 35.5. The largest absolute Gasteiger partial charge is 0.475 e. The topological polar surface area (TPSA) is 126 Å². The van der Waals surface area contributed by atoms with E-state index in [1.54, 1.807) is 12.3 Å². The first-order valence-corrected chi connectivity index (χ1v) is 8.41. The summed E-state index contributed by atoms with van der Waals surface area (Å²) in [5, 5.41) is 0.318. The van der Waals surface area contributed by atoms with Gasteiger partial charge in [-0.1, -0.05) is 25.4 Å². The second-order valence-electron chi connectivity index (χ2n) is 6.71. The second-order valence-corrected chi connectivity index (χ2v) is 7.12. The quantitative estimate of drug-likeness (QED) is 0.757. The maximum atomic E-state index is 10.8. The summed E-state index contributed by atoms with van der Waals surface area (Å²) in [6.45, 7) is 6.42. The lowest BCUT2D eigenvalue weighted by Gasteiger charge is -2.26. The molecule has 2 heterocycles. The van der Waals surface area contributed by atoms with Crippen molar-refractivity contribution in [3.63, 3.8) is 0 Å². The molecule has 0 radical (unpaired) electrons. The van der Waals surface area contributed by atoms with E-state index in [1.165, 1.54) is 12.4 Å². The minimum absolute atomic E-state index is 0.0338. The average Bonchev–Trinajstić information content (AvgIpc) is 2.52. The zero-order chi connectivity index (χ0) is 19.3. The number of amides is 1. The molecule has 8 nitrogen and oxygen atoms in total. The van der Waals surface area contributed by atoms with E-state index in [-0.39, 0.29) is 5.88 Å². The van der Waals surface area contributed by atoms with Gasteiger partial charge in [-0.05, 0) is 25.3 Å². The van der Waals surface area contributed by atoms with E-state index >= 15 is 0 Å². The molecule has 1 atom stereocenters. The Bertz CT molecular complexity index is 783. The van der Waals surface area contributed by atoms with Crippen molar-refractivity contribution in [2.75, 3.05) is 6.61 Å². The third-order valence-electron chi connectivity index (χ3n) is 3.36. The molecule has 140 valence electrons. The van der Waals surface area contributed by atoms with Gasteiger partial charge in [0.05, 0.1) is 5.69 Å². The molecular weight excluding hydrogens is 358 g/mol. The third-order valence-corrected chi connectivity index (χ3v) is 3.63. The first-order valence-electron chi connectivity index (χ1n) is 8.03. The number of ether oxygens (including phenoxy) is 2. The van der Waals surface area contributed by atoms with Crippen LogP contribution in [0.2, 0.25) is 5.02 Å². The van der Waals surface area contributed by atoms with E-state index in [1.807, 2.05) is 6.92 Å². The number of primary amides is 1. The van der Waals surface area contributed by atoms with E-state index in [0.717, 1.165) is 6.42 Å². The fourth-order valence-corrected chi connectivity index (χ4v) is 2.77. The summed E-state index contributed by atoms with van der Waals surface area (Å²) < 4.78 is 10.4. The maximum absolute atomic E-state index is 10.8. The Kier molecular flexibility index (Phi) is 6.33. The van der Waals surface area contributed by atoms with Crippen molar-refractivity contribution < 1.29 is 14.3 Å². The van der Waals surface area contributed by atoms with Gasteiger partial charge in [0, 0.05) is 23.4 Å². The van der Waals surface area contributed by atoms with Crippen LogP contribution in [0.5, 0.6) is 11.8 Å². The summed E-state index contributed by atoms with van der Waals surface area (Å²) in [6, 6.07) is 3.11. The number of halogens is 1. The highest BCUT2D eigenvalue weighted by Crippen LogP contribution is 2.28. The predicted molar refractivity (Wildman–Crippen MR) is 98.0 cm³/mol. The van der Waals surface area contributed by atoms with Crippen molar-refractivity contribution in [1.82, 2.24) is 15.0 Å². The molecule has 0 fully saturated rings.